The van der Waals surface area contributed by atoms with Crippen LogP contribution in [0.15, 0.2) is 53.4 Å². The third kappa shape index (κ3) is 6.23. The molecule has 3 rings (SSSR count). The van der Waals surface area contributed by atoms with E-state index >= 15 is 0 Å². The van der Waals surface area contributed by atoms with Crippen molar-refractivity contribution in [3.63, 3.8) is 0 Å². The van der Waals surface area contributed by atoms with Gasteiger partial charge in [-0.05, 0) is 67.8 Å². The maximum atomic E-state index is 13.2. The smallest absolute Gasteiger partial charge is 0.313 e. The lowest BCUT2D eigenvalue weighted by Crippen LogP contribution is -2.45. The van der Waals surface area contributed by atoms with Gasteiger partial charge in [0.25, 0.3) is 0 Å². The van der Waals surface area contributed by atoms with E-state index < -0.39 is 21.8 Å². The van der Waals surface area contributed by atoms with Gasteiger partial charge in [-0.3, -0.25) is 9.59 Å². The fourth-order valence-corrected chi connectivity index (χ4v) is 5.48. The van der Waals surface area contributed by atoms with Crippen molar-refractivity contribution < 1.29 is 27.5 Å². The average Bonchev–Trinajstić information content (AvgIpc) is 2.84. The standard InChI is InChI=1S/C23H29N3O6S/c1-31-19-8-6-17(7-9-19)25-23(28)22(27)24-15-14-18-5-3-4-16-26(18)33(29,30)21-12-10-20(32-2)11-13-21/h6-13,18H,3-5,14-16H2,1-2H3,(H,24,27)(H,25,28)/t18-/m0/s1. The SMILES string of the molecule is COc1ccc(NC(=O)C(=O)NCC[C@@H]2CCCCN2S(=O)(=O)c2ccc(OC)cc2)cc1. The number of anilines is 1. The largest absolute Gasteiger partial charge is 0.497 e. The number of sulfonamides is 1. The Morgan fingerprint density at radius 3 is 2.15 bits per heavy atom. The molecule has 0 aromatic heterocycles. The molecule has 1 saturated heterocycles. The van der Waals surface area contributed by atoms with E-state index in [0.29, 0.717) is 36.6 Å². The molecule has 10 heteroatoms. The summed E-state index contributed by atoms with van der Waals surface area (Å²) >= 11 is 0. The van der Waals surface area contributed by atoms with Crippen molar-refractivity contribution in [2.24, 2.45) is 0 Å². The zero-order chi connectivity index (χ0) is 23.8. The summed E-state index contributed by atoms with van der Waals surface area (Å²) in [5.74, 6) is -0.337. The van der Waals surface area contributed by atoms with Crippen LogP contribution in [0.3, 0.4) is 0 Å². The van der Waals surface area contributed by atoms with Crippen molar-refractivity contribution in [2.45, 2.75) is 36.6 Å². The number of carbonyl (C=O) groups is 2. The van der Waals surface area contributed by atoms with E-state index in [-0.39, 0.29) is 17.5 Å². The number of piperidine rings is 1. The van der Waals surface area contributed by atoms with Gasteiger partial charge in [-0.15, -0.1) is 0 Å². The molecular weight excluding hydrogens is 446 g/mol. The number of hydrogen-bond donors (Lipinski definition) is 2. The first kappa shape index (κ1) is 24.5. The molecule has 2 aromatic rings. The monoisotopic (exact) mass is 475 g/mol. The van der Waals surface area contributed by atoms with E-state index in [2.05, 4.69) is 10.6 Å². The molecule has 1 fully saturated rings. The van der Waals surface area contributed by atoms with Gasteiger partial charge in [-0.1, -0.05) is 6.42 Å². The van der Waals surface area contributed by atoms with Crippen molar-refractivity contribution in [3.8, 4) is 11.5 Å². The van der Waals surface area contributed by atoms with Crippen molar-refractivity contribution in [1.82, 2.24) is 9.62 Å². The Hall–Kier alpha value is -3.11. The van der Waals surface area contributed by atoms with Crippen LogP contribution in [0.2, 0.25) is 0 Å². The number of carbonyl (C=O) groups excluding carboxylic acids is 2. The third-order valence-corrected chi connectivity index (χ3v) is 7.52. The molecule has 1 heterocycles. The van der Waals surface area contributed by atoms with Crippen LogP contribution in [0.1, 0.15) is 25.7 Å². The zero-order valence-corrected chi connectivity index (χ0v) is 19.6. The quantitative estimate of drug-likeness (QED) is 0.567. The average molecular weight is 476 g/mol. The highest BCUT2D eigenvalue weighted by atomic mass is 32.2. The van der Waals surface area contributed by atoms with Crippen LogP contribution in [0, 0.1) is 0 Å². The Bertz CT molecular complexity index is 1050. The molecule has 0 unspecified atom stereocenters. The van der Waals surface area contributed by atoms with Crippen molar-refractivity contribution in [2.75, 3.05) is 32.6 Å². The molecule has 2 aromatic carbocycles. The Morgan fingerprint density at radius 2 is 1.55 bits per heavy atom. The Labute approximate surface area is 194 Å². The van der Waals surface area contributed by atoms with Gasteiger partial charge in [0.05, 0.1) is 19.1 Å². The summed E-state index contributed by atoms with van der Waals surface area (Å²) in [6, 6.07) is 12.7. The van der Waals surface area contributed by atoms with E-state index in [1.54, 1.807) is 36.4 Å². The minimum Gasteiger partial charge on any atom is -0.497 e. The summed E-state index contributed by atoms with van der Waals surface area (Å²) in [4.78, 5) is 24.5. The number of nitrogens with one attached hydrogen (secondary N) is 2. The molecule has 0 spiro atoms. The lowest BCUT2D eigenvalue weighted by atomic mass is 10.0. The fourth-order valence-electron chi connectivity index (χ4n) is 3.76. The Morgan fingerprint density at radius 1 is 0.939 bits per heavy atom. The van der Waals surface area contributed by atoms with Crippen LogP contribution in [0.4, 0.5) is 5.69 Å². The van der Waals surface area contributed by atoms with Gasteiger partial charge >= 0.3 is 11.8 Å². The van der Waals surface area contributed by atoms with E-state index in [0.717, 1.165) is 12.8 Å². The number of methoxy groups -OCH3 is 2. The van der Waals surface area contributed by atoms with Gasteiger partial charge in [0.1, 0.15) is 11.5 Å². The van der Waals surface area contributed by atoms with Crippen molar-refractivity contribution in [1.29, 1.82) is 0 Å². The van der Waals surface area contributed by atoms with Crippen molar-refractivity contribution in [3.05, 3.63) is 48.5 Å². The second-order valence-corrected chi connectivity index (χ2v) is 9.56. The number of ether oxygens (including phenoxy) is 2. The summed E-state index contributed by atoms with van der Waals surface area (Å²) in [5, 5.41) is 5.11. The summed E-state index contributed by atoms with van der Waals surface area (Å²) < 4.78 is 38.0. The minimum atomic E-state index is -3.67. The van der Waals surface area contributed by atoms with Crippen LogP contribution in [0.5, 0.6) is 11.5 Å². The van der Waals surface area contributed by atoms with E-state index in [1.165, 1.54) is 30.7 Å². The first-order chi connectivity index (χ1) is 15.8. The third-order valence-electron chi connectivity index (χ3n) is 5.56. The molecule has 2 N–H and O–H groups in total. The predicted octanol–water partition coefficient (Wildman–Crippen LogP) is 2.39. The Kier molecular flexibility index (Phi) is 8.29. The molecule has 178 valence electrons. The van der Waals surface area contributed by atoms with Crippen LogP contribution < -0.4 is 20.1 Å². The van der Waals surface area contributed by atoms with Gasteiger partial charge in [0.15, 0.2) is 0 Å². The number of amides is 2. The fraction of sp³-hybridized carbons (Fsp3) is 0.391. The highest BCUT2D eigenvalue weighted by Crippen LogP contribution is 2.28. The minimum absolute atomic E-state index is 0.189. The molecule has 0 saturated carbocycles. The van der Waals surface area contributed by atoms with Gasteiger partial charge in [-0.25, -0.2) is 8.42 Å². The normalized spacial score (nSPS) is 16.6. The molecule has 0 aliphatic carbocycles. The molecule has 1 atom stereocenters. The van der Waals surface area contributed by atoms with Gasteiger partial charge in [0.2, 0.25) is 10.0 Å². The summed E-state index contributed by atoms with van der Waals surface area (Å²) in [6.07, 6.45) is 2.80. The second kappa shape index (κ2) is 11.2. The number of hydrogen-bond acceptors (Lipinski definition) is 6. The van der Waals surface area contributed by atoms with Crippen LogP contribution in [-0.4, -0.2) is 57.9 Å². The van der Waals surface area contributed by atoms with Crippen LogP contribution in [-0.2, 0) is 19.6 Å². The maximum absolute atomic E-state index is 13.2. The molecule has 0 bridgehead atoms. The molecule has 1 aliphatic heterocycles. The van der Waals surface area contributed by atoms with Gasteiger partial charge in [-0.2, -0.15) is 4.31 Å². The number of nitrogens with zero attached hydrogens (tertiary/aromatic N) is 1. The van der Waals surface area contributed by atoms with Crippen LogP contribution >= 0.6 is 0 Å². The first-order valence-electron chi connectivity index (χ1n) is 10.7. The first-order valence-corrected chi connectivity index (χ1v) is 12.2. The maximum Gasteiger partial charge on any atom is 0.313 e. The summed E-state index contributed by atoms with van der Waals surface area (Å²) in [6.45, 7) is 0.610. The van der Waals surface area contributed by atoms with E-state index in [9.17, 15) is 18.0 Å². The number of rotatable bonds is 8. The summed E-state index contributed by atoms with van der Waals surface area (Å²) in [5.41, 5.74) is 0.472. The Balaban J connectivity index is 1.56. The van der Waals surface area contributed by atoms with E-state index in [1.807, 2.05) is 0 Å². The predicted molar refractivity (Wildman–Crippen MR) is 124 cm³/mol. The van der Waals surface area contributed by atoms with Gasteiger partial charge in [0, 0.05) is 24.8 Å². The molecule has 0 radical (unpaired) electrons. The van der Waals surface area contributed by atoms with Crippen LogP contribution in [0.25, 0.3) is 0 Å². The summed E-state index contributed by atoms with van der Waals surface area (Å²) in [7, 11) is -0.612. The van der Waals surface area contributed by atoms with Crippen molar-refractivity contribution >= 4 is 27.5 Å². The second-order valence-electron chi connectivity index (χ2n) is 7.67. The molecule has 33 heavy (non-hydrogen) atoms. The number of benzene rings is 2. The lowest BCUT2D eigenvalue weighted by molar-refractivity contribution is -0.136. The zero-order valence-electron chi connectivity index (χ0n) is 18.7. The highest BCUT2D eigenvalue weighted by Gasteiger charge is 2.33. The highest BCUT2D eigenvalue weighted by molar-refractivity contribution is 7.89. The topological polar surface area (TPSA) is 114 Å². The lowest BCUT2D eigenvalue weighted by Gasteiger charge is -2.34. The molecule has 2 amide bonds. The molecule has 1 aliphatic rings. The molecule has 9 nitrogen and oxygen atoms in total. The van der Waals surface area contributed by atoms with E-state index in [4.69, 9.17) is 9.47 Å². The molecular formula is C23H29N3O6S. The van der Waals surface area contributed by atoms with Gasteiger partial charge < -0.3 is 20.1 Å².